The molecule has 0 saturated carbocycles. The third kappa shape index (κ3) is 5.48. The van der Waals surface area contributed by atoms with Crippen molar-refractivity contribution in [3.05, 3.63) is 34.1 Å². The molecule has 17 heavy (non-hydrogen) atoms. The Labute approximate surface area is 112 Å². The summed E-state index contributed by atoms with van der Waals surface area (Å²) in [5, 5.41) is 2.62. The lowest BCUT2D eigenvalue weighted by Crippen LogP contribution is -2.27. The fourth-order valence-corrected chi connectivity index (χ4v) is 1.75. The van der Waals surface area contributed by atoms with Gasteiger partial charge in [0, 0.05) is 22.5 Å². The molecule has 1 N–H and O–H groups in total. The van der Waals surface area contributed by atoms with Crippen LogP contribution in [0.4, 0.5) is 4.39 Å². The molecule has 0 spiro atoms. The molecule has 1 aromatic carbocycles. The maximum Gasteiger partial charge on any atom is 0.251 e. The number of amides is 1. The van der Waals surface area contributed by atoms with E-state index >= 15 is 0 Å². The largest absolute Gasteiger partial charge is 0.378 e. The first kappa shape index (κ1) is 14.4. The lowest BCUT2D eigenvalue weighted by atomic mass is 10.2. The summed E-state index contributed by atoms with van der Waals surface area (Å²) in [6.07, 6.45) is 0. The van der Waals surface area contributed by atoms with Gasteiger partial charge in [-0.05, 0) is 18.2 Å². The summed E-state index contributed by atoms with van der Waals surface area (Å²) in [4.78, 5) is 11.6. The Hall–Kier alpha value is -0.650. The zero-order valence-corrected chi connectivity index (χ0v) is 11.4. The Kier molecular flexibility index (Phi) is 6.47. The van der Waals surface area contributed by atoms with E-state index in [1.54, 1.807) is 6.07 Å². The number of nitrogens with one attached hydrogen (secondary N) is 1. The lowest BCUT2D eigenvalue weighted by molar-refractivity contribution is 0.0923. The second-order valence-electron chi connectivity index (χ2n) is 3.22. The lowest BCUT2D eigenvalue weighted by Gasteiger charge is -2.06. The van der Waals surface area contributed by atoms with Crippen molar-refractivity contribution in [2.75, 3.05) is 25.6 Å². The third-order valence-corrected chi connectivity index (χ3v) is 2.49. The molecule has 94 valence electrons. The SMILES string of the molecule is O=C(NCCOCCCl)c1cc(F)cc(Br)c1. The highest BCUT2D eigenvalue weighted by molar-refractivity contribution is 9.10. The fraction of sp³-hybridized carbons (Fsp3) is 0.364. The van der Waals surface area contributed by atoms with Gasteiger partial charge in [0.1, 0.15) is 5.82 Å². The Balaban J connectivity index is 2.41. The quantitative estimate of drug-likeness (QED) is 0.645. The van der Waals surface area contributed by atoms with Crippen molar-refractivity contribution in [1.29, 1.82) is 0 Å². The van der Waals surface area contributed by atoms with E-state index in [1.165, 1.54) is 12.1 Å². The van der Waals surface area contributed by atoms with Crippen molar-refractivity contribution in [2.24, 2.45) is 0 Å². The average molecular weight is 325 g/mol. The van der Waals surface area contributed by atoms with Gasteiger partial charge in [-0.2, -0.15) is 0 Å². The summed E-state index contributed by atoms with van der Waals surface area (Å²) < 4.78 is 18.6. The van der Waals surface area contributed by atoms with E-state index in [0.717, 1.165) is 0 Å². The van der Waals surface area contributed by atoms with E-state index in [1.807, 2.05) is 0 Å². The van der Waals surface area contributed by atoms with Crippen LogP contribution in [0.1, 0.15) is 10.4 Å². The van der Waals surface area contributed by atoms with E-state index in [9.17, 15) is 9.18 Å². The van der Waals surface area contributed by atoms with Crippen LogP contribution in [0.3, 0.4) is 0 Å². The number of hydrogen-bond acceptors (Lipinski definition) is 2. The Bertz CT molecular complexity index is 369. The van der Waals surface area contributed by atoms with Gasteiger partial charge >= 0.3 is 0 Å². The van der Waals surface area contributed by atoms with E-state index in [4.69, 9.17) is 16.3 Å². The number of carbonyl (C=O) groups excluding carboxylic acids is 1. The molecule has 6 heteroatoms. The van der Waals surface area contributed by atoms with Crippen LogP contribution >= 0.6 is 27.5 Å². The summed E-state index contributed by atoms with van der Waals surface area (Å²) in [6, 6.07) is 4.03. The van der Waals surface area contributed by atoms with Crippen molar-refractivity contribution < 1.29 is 13.9 Å². The predicted molar refractivity (Wildman–Crippen MR) is 68.0 cm³/mol. The van der Waals surface area contributed by atoms with Gasteiger partial charge in [-0.1, -0.05) is 15.9 Å². The molecule has 0 saturated heterocycles. The van der Waals surface area contributed by atoms with Gasteiger partial charge < -0.3 is 10.1 Å². The minimum absolute atomic E-state index is 0.272. The molecule has 1 rings (SSSR count). The van der Waals surface area contributed by atoms with Crippen LogP contribution in [-0.2, 0) is 4.74 Å². The zero-order valence-electron chi connectivity index (χ0n) is 9.01. The number of alkyl halides is 1. The van der Waals surface area contributed by atoms with Gasteiger partial charge in [0.25, 0.3) is 5.91 Å². The van der Waals surface area contributed by atoms with Gasteiger partial charge in [0.2, 0.25) is 0 Å². The summed E-state index contributed by atoms with van der Waals surface area (Å²) in [7, 11) is 0. The molecule has 0 aliphatic carbocycles. The molecule has 1 aromatic rings. The molecule has 0 aromatic heterocycles. The molecule has 0 bridgehead atoms. The van der Waals surface area contributed by atoms with Crippen molar-refractivity contribution in [3.63, 3.8) is 0 Å². The minimum Gasteiger partial charge on any atom is -0.378 e. The number of hydrogen-bond donors (Lipinski definition) is 1. The smallest absolute Gasteiger partial charge is 0.251 e. The molecule has 0 radical (unpaired) electrons. The molecule has 1 amide bonds. The van der Waals surface area contributed by atoms with Crippen LogP contribution in [0.5, 0.6) is 0 Å². The number of rotatable bonds is 6. The number of ether oxygens (including phenoxy) is 1. The molecular formula is C11H12BrClFNO2. The maximum atomic E-state index is 13.0. The average Bonchev–Trinajstić information content (AvgIpc) is 2.27. The van der Waals surface area contributed by atoms with E-state index < -0.39 is 5.82 Å². The molecule has 0 aliphatic heterocycles. The molecule has 0 heterocycles. The van der Waals surface area contributed by atoms with Crippen LogP contribution in [0.2, 0.25) is 0 Å². The van der Waals surface area contributed by atoms with Gasteiger partial charge in [0.05, 0.1) is 13.2 Å². The first-order valence-corrected chi connectivity index (χ1v) is 6.34. The molecular weight excluding hydrogens is 312 g/mol. The summed E-state index contributed by atoms with van der Waals surface area (Å²) in [6.45, 7) is 1.20. The molecule has 0 aliphatic rings. The van der Waals surface area contributed by atoms with Gasteiger partial charge in [-0.25, -0.2) is 4.39 Å². The predicted octanol–water partition coefficient (Wildman–Crippen LogP) is 2.57. The van der Waals surface area contributed by atoms with Crippen molar-refractivity contribution in [1.82, 2.24) is 5.32 Å². The highest BCUT2D eigenvalue weighted by atomic mass is 79.9. The van der Waals surface area contributed by atoms with E-state index in [-0.39, 0.29) is 11.5 Å². The maximum absolute atomic E-state index is 13.0. The Morgan fingerprint density at radius 1 is 1.41 bits per heavy atom. The summed E-state index contributed by atoms with van der Waals surface area (Å²) in [5.41, 5.74) is 0.272. The topological polar surface area (TPSA) is 38.3 Å². The molecule has 0 fully saturated rings. The zero-order chi connectivity index (χ0) is 12.7. The summed E-state index contributed by atoms with van der Waals surface area (Å²) in [5.74, 6) is -0.368. The first-order valence-electron chi connectivity index (χ1n) is 5.01. The minimum atomic E-state index is -0.456. The highest BCUT2D eigenvalue weighted by Gasteiger charge is 2.07. The monoisotopic (exact) mass is 323 g/mol. The first-order chi connectivity index (χ1) is 8.13. The van der Waals surface area contributed by atoms with Crippen molar-refractivity contribution in [2.45, 2.75) is 0 Å². The van der Waals surface area contributed by atoms with Gasteiger partial charge in [-0.3, -0.25) is 4.79 Å². The fourth-order valence-electron chi connectivity index (χ4n) is 1.18. The molecule has 0 atom stereocenters. The summed E-state index contributed by atoms with van der Waals surface area (Å²) >= 11 is 8.54. The van der Waals surface area contributed by atoms with Crippen molar-refractivity contribution in [3.8, 4) is 0 Å². The normalized spacial score (nSPS) is 10.3. The number of carbonyl (C=O) groups is 1. The van der Waals surface area contributed by atoms with Crippen LogP contribution in [0.15, 0.2) is 22.7 Å². The second kappa shape index (κ2) is 7.63. The Morgan fingerprint density at radius 3 is 2.82 bits per heavy atom. The third-order valence-electron chi connectivity index (χ3n) is 1.88. The number of benzene rings is 1. The van der Waals surface area contributed by atoms with E-state index in [2.05, 4.69) is 21.2 Å². The standard InChI is InChI=1S/C11H12BrClFNO2/c12-9-5-8(6-10(14)7-9)11(16)15-2-4-17-3-1-13/h5-7H,1-4H2,(H,15,16). The van der Waals surface area contributed by atoms with Crippen LogP contribution in [-0.4, -0.2) is 31.5 Å². The van der Waals surface area contributed by atoms with Crippen LogP contribution in [0.25, 0.3) is 0 Å². The number of halogens is 3. The van der Waals surface area contributed by atoms with Crippen molar-refractivity contribution >= 4 is 33.4 Å². The Morgan fingerprint density at radius 2 is 2.18 bits per heavy atom. The second-order valence-corrected chi connectivity index (χ2v) is 4.51. The van der Waals surface area contributed by atoms with Crippen LogP contribution in [0, 0.1) is 5.82 Å². The van der Waals surface area contributed by atoms with Gasteiger partial charge in [0.15, 0.2) is 0 Å². The molecule has 3 nitrogen and oxygen atoms in total. The highest BCUT2D eigenvalue weighted by Crippen LogP contribution is 2.14. The van der Waals surface area contributed by atoms with Gasteiger partial charge in [-0.15, -0.1) is 11.6 Å². The molecule has 0 unspecified atom stereocenters. The van der Waals surface area contributed by atoms with E-state index in [0.29, 0.717) is 30.1 Å². The van der Waals surface area contributed by atoms with Crippen LogP contribution < -0.4 is 5.32 Å².